The van der Waals surface area contributed by atoms with Crippen LogP contribution in [0.4, 0.5) is 0 Å². The molecule has 0 aromatic heterocycles. The predicted octanol–water partition coefficient (Wildman–Crippen LogP) is 9.26. The Labute approximate surface area is 171 Å². The summed E-state index contributed by atoms with van der Waals surface area (Å²) in [5.74, 6) is 3.74. The molecule has 0 unspecified atom stereocenters. The zero-order valence-electron chi connectivity index (χ0n) is 18.5. The van der Waals surface area contributed by atoms with E-state index < -0.39 is 0 Å². The maximum Gasteiger partial charge on any atom is -0.0233 e. The van der Waals surface area contributed by atoms with Crippen molar-refractivity contribution < 1.29 is 0 Å². The second-order valence-corrected chi connectivity index (χ2v) is 9.71. The first-order chi connectivity index (χ1) is 13.3. The molecule has 0 nitrogen and oxygen atoms in total. The average molecular weight is 373 g/mol. The SMILES string of the molecule is C=C[C@H]1CC[C@H](/C=C/CC[C@H]2CC[C@H](CCCCCCCCC)CC2)CC1. The Hall–Kier alpha value is -0.520. The molecule has 0 aromatic carbocycles. The van der Waals surface area contributed by atoms with E-state index in [1.807, 2.05) is 0 Å². The molecule has 156 valence electrons. The zero-order chi connectivity index (χ0) is 19.2. The molecule has 2 aliphatic carbocycles. The highest BCUT2D eigenvalue weighted by molar-refractivity contribution is 4.94. The highest BCUT2D eigenvalue weighted by atomic mass is 14.3. The minimum atomic E-state index is 0.797. The fraction of sp³-hybridized carbons (Fsp3) is 0.852. The molecule has 2 saturated carbocycles. The van der Waals surface area contributed by atoms with Crippen LogP contribution in [-0.4, -0.2) is 0 Å². The monoisotopic (exact) mass is 372 g/mol. The van der Waals surface area contributed by atoms with Gasteiger partial charge < -0.3 is 0 Å². The van der Waals surface area contributed by atoms with Crippen molar-refractivity contribution in [3.8, 4) is 0 Å². The van der Waals surface area contributed by atoms with Gasteiger partial charge in [0.1, 0.15) is 0 Å². The van der Waals surface area contributed by atoms with E-state index in [0.717, 1.165) is 23.7 Å². The lowest BCUT2D eigenvalue weighted by atomic mass is 9.78. The third kappa shape index (κ3) is 10.00. The Bertz CT molecular complexity index is 377. The zero-order valence-corrected chi connectivity index (χ0v) is 18.5. The Morgan fingerprint density at radius 2 is 1.22 bits per heavy atom. The molecule has 0 N–H and O–H groups in total. The Morgan fingerprint density at radius 1 is 0.667 bits per heavy atom. The summed E-state index contributed by atoms with van der Waals surface area (Å²) < 4.78 is 0. The second-order valence-electron chi connectivity index (χ2n) is 9.71. The minimum absolute atomic E-state index is 0.797. The summed E-state index contributed by atoms with van der Waals surface area (Å²) in [5, 5.41) is 0. The fourth-order valence-electron chi connectivity index (χ4n) is 5.39. The van der Waals surface area contributed by atoms with Crippen LogP contribution in [0.5, 0.6) is 0 Å². The number of unbranched alkanes of at least 4 members (excludes halogenated alkanes) is 6. The van der Waals surface area contributed by atoms with Crippen LogP contribution < -0.4 is 0 Å². The van der Waals surface area contributed by atoms with Crippen molar-refractivity contribution >= 4 is 0 Å². The van der Waals surface area contributed by atoms with E-state index in [0.29, 0.717) is 0 Å². The molecule has 0 radical (unpaired) electrons. The Balaban J connectivity index is 1.44. The van der Waals surface area contributed by atoms with Crippen molar-refractivity contribution in [2.75, 3.05) is 0 Å². The lowest BCUT2D eigenvalue weighted by Gasteiger charge is -2.28. The van der Waals surface area contributed by atoms with Gasteiger partial charge in [0.15, 0.2) is 0 Å². The molecule has 2 aliphatic rings. The first kappa shape index (κ1) is 22.8. The molecular formula is C27H48. The Kier molecular flexibility index (Phi) is 12.2. The first-order valence-electron chi connectivity index (χ1n) is 12.6. The summed E-state index contributed by atoms with van der Waals surface area (Å²) in [4.78, 5) is 0. The van der Waals surface area contributed by atoms with Crippen LogP contribution in [0.2, 0.25) is 0 Å². The van der Waals surface area contributed by atoms with Gasteiger partial charge in [0, 0.05) is 0 Å². The largest absolute Gasteiger partial charge is 0.103 e. The molecule has 0 aliphatic heterocycles. The van der Waals surface area contributed by atoms with Gasteiger partial charge in [0.25, 0.3) is 0 Å². The summed E-state index contributed by atoms with van der Waals surface area (Å²) in [7, 11) is 0. The lowest BCUT2D eigenvalue weighted by molar-refractivity contribution is 0.249. The molecule has 0 bridgehead atoms. The van der Waals surface area contributed by atoms with Crippen molar-refractivity contribution in [1.29, 1.82) is 0 Å². The van der Waals surface area contributed by atoms with E-state index in [1.54, 1.807) is 0 Å². The van der Waals surface area contributed by atoms with Gasteiger partial charge in [0.05, 0.1) is 0 Å². The van der Waals surface area contributed by atoms with Gasteiger partial charge in [-0.25, -0.2) is 0 Å². The van der Waals surface area contributed by atoms with Crippen molar-refractivity contribution in [1.82, 2.24) is 0 Å². The summed E-state index contributed by atoms with van der Waals surface area (Å²) in [6.07, 6.45) is 33.3. The number of rotatable bonds is 13. The molecule has 0 spiro atoms. The van der Waals surface area contributed by atoms with E-state index in [-0.39, 0.29) is 0 Å². The number of hydrogen-bond acceptors (Lipinski definition) is 0. The standard InChI is InChI=1S/C27H48/c1-3-5-6-7-8-9-10-13-25-20-22-27(23-21-25)15-12-11-14-26-18-16-24(4-2)17-19-26/h4,11,14,24-27H,2-3,5-10,12-13,15-23H2,1H3/b14-11+/t24-,25-,26-,27-. The number of hydrogen-bond donors (Lipinski definition) is 0. The van der Waals surface area contributed by atoms with Crippen LogP contribution in [0.3, 0.4) is 0 Å². The molecule has 0 atom stereocenters. The van der Waals surface area contributed by atoms with Crippen LogP contribution in [0.1, 0.15) is 122 Å². The van der Waals surface area contributed by atoms with Crippen LogP contribution in [0, 0.1) is 23.7 Å². The molecule has 0 heterocycles. The summed E-state index contributed by atoms with van der Waals surface area (Å²) in [6.45, 7) is 6.27. The Morgan fingerprint density at radius 3 is 1.85 bits per heavy atom. The molecule has 2 rings (SSSR count). The molecule has 2 fully saturated rings. The van der Waals surface area contributed by atoms with Crippen LogP contribution in [0.15, 0.2) is 24.8 Å². The highest BCUT2D eigenvalue weighted by Crippen LogP contribution is 2.35. The van der Waals surface area contributed by atoms with Crippen LogP contribution in [0.25, 0.3) is 0 Å². The topological polar surface area (TPSA) is 0 Å². The van der Waals surface area contributed by atoms with Crippen molar-refractivity contribution in [2.24, 2.45) is 23.7 Å². The van der Waals surface area contributed by atoms with E-state index in [1.165, 1.54) is 116 Å². The van der Waals surface area contributed by atoms with E-state index in [9.17, 15) is 0 Å². The van der Waals surface area contributed by atoms with Gasteiger partial charge in [-0.15, -0.1) is 6.58 Å². The summed E-state index contributed by atoms with van der Waals surface area (Å²) in [5.41, 5.74) is 0. The molecule has 0 heteroatoms. The van der Waals surface area contributed by atoms with Gasteiger partial charge in [-0.1, -0.05) is 102 Å². The molecular weight excluding hydrogens is 324 g/mol. The molecule has 0 aromatic rings. The van der Waals surface area contributed by atoms with E-state index in [4.69, 9.17) is 0 Å². The van der Waals surface area contributed by atoms with E-state index in [2.05, 4.69) is 31.7 Å². The van der Waals surface area contributed by atoms with Gasteiger partial charge in [0.2, 0.25) is 0 Å². The van der Waals surface area contributed by atoms with Gasteiger partial charge in [-0.05, 0) is 62.2 Å². The average Bonchev–Trinajstić information content (AvgIpc) is 2.72. The van der Waals surface area contributed by atoms with Crippen molar-refractivity contribution in [3.63, 3.8) is 0 Å². The maximum absolute atomic E-state index is 3.96. The van der Waals surface area contributed by atoms with E-state index >= 15 is 0 Å². The van der Waals surface area contributed by atoms with Gasteiger partial charge in [-0.2, -0.15) is 0 Å². The third-order valence-electron chi connectivity index (χ3n) is 7.48. The fourth-order valence-corrected chi connectivity index (χ4v) is 5.39. The minimum Gasteiger partial charge on any atom is -0.103 e. The summed E-state index contributed by atoms with van der Waals surface area (Å²) in [6, 6.07) is 0. The predicted molar refractivity (Wildman–Crippen MR) is 122 cm³/mol. The molecule has 0 saturated heterocycles. The molecule has 0 amide bonds. The smallest absolute Gasteiger partial charge is 0.0233 e. The number of allylic oxidation sites excluding steroid dienone is 3. The van der Waals surface area contributed by atoms with Crippen LogP contribution in [-0.2, 0) is 0 Å². The van der Waals surface area contributed by atoms with Gasteiger partial charge in [-0.3, -0.25) is 0 Å². The molecule has 27 heavy (non-hydrogen) atoms. The quantitative estimate of drug-likeness (QED) is 0.223. The lowest BCUT2D eigenvalue weighted by Crippen LogP contribution is -2.14. The maximum atomic E-state index is 3.96. The second kappa shape index (κ2) is 14.5. The normalized spacial score (nSPS) is 29.2. The first-order valence-corrected chi connectivity index (χ1v) is 12.6. The highest BCUT2D eigenvalue weighted by Gasteiger charge is 2.20. The van der Waals surface area contributed by atoms with Crippen molar-refractivity contribution in [3.05, 3.63) is 24.8 Å². The third-order valence-corrected chi connectivity index (χ3v) is 7.48. The van der Waals surface area contributed by atoms with Crippen LogP contribution >= 0.6 is 0 Å². The van der Waals surface area contributed by atoms with Gasteiger partial charge >= 0.3 is 0 Å². The van der Waals surface area contributed by atoms with Crippen molar-refractivity contribution in [2.45, 2.75) is 122 Å². The summed E-state index contributed by atoms with van der Waals surface area (Å²) >= 11 is 0.